The van der Waals surface area contributed by atoms with Crippen molar-refractivity contribution in [2.24, 2.45) is 0 Å². The number of morpholine rings is 1. The van der Waals surface area contributed by atoms with Crippen LogP contribution in [0.25, 0.3) is 11.4 Å². The Morgan fingerprint density at radius 1 is 1.24 bits per heavy atom. The van der Waals surface area contributed by atoms with Crippen molar-refractivity contribution >= 4 is 11.7 Å². The van der Waals surface area contributed by atoms with E-state index >= 15 is 0 Å². The van der Waals surface area contributed by atoms with Crippen molar-refractivity contribution in [3.63, 3.8) is 0 Å². The molecule has 1 N–H and O–H groups in total. The summed E-state index contributed by atoms with van der Waals surface area (Å²) in [6.07, 6.45) is 0.874. The number of rotatable bonds is 5. The van der Waals surface area contributed by atoms with E-state index in [2.05, 4.69) is 20.2 Å². The number of carbonyl (C=O) groups excluding carboxylic acids is 1. The van der Waals surface area contributed by atoms with Crippen LogP contribution in [-0.4, -0.2) is 48.2 Å². The summed E-state index contributed by atoms with van der Waals surface area (Å²) in [6, 6.07) is 11.6. The van der Waals surface area contributed by atoms with Gasteiger partial charge in [-0.15, -0.1) is 0 Å². The second-order valence-corrected chi connectivity index (χ2v) is 6.18. The summed E-state index contributed by atoms with van der Waals surface area (Å²) in [6.45, 7) is 6.88. The highest BCUT2D eigenvalue weighted by Gasteiger charge is 2.19. The van der Waals surface area contributed by atoms with Gasteiger partial charge in [-0.3, -0.25) is 4.79 Å². The molecule has 1 aliphatic heterocycles. The minimum Gasteiger partial charge on any atom is -0.378 e. The number of nitrogens with one attached hydrogen (secondary N) is 1. The van der Waals surface area contributed by atoms with E-state index < -0.39 is 0 Å². The molecule has 132 valence electrons. The van der Waals surface area contributed by atoms with Crippen molar-refractivity contribution in [3.05, 3.63) is 42.1 Å². The molecule has 1 atom stereocenters. The molecular formula is C19H24N4O2. The number of hydrogen-bond donors (Lipinski definition) is 1. The third-order valence-electron chi connectivity index (χ3n) is 4.30. The van der Waals surface area contributed by atoms with Gasteiger partial charge in [0.1, 0.15) is 11.5 Å². The van der Waals surface area contributed by atoms with Crippen molar-refractivity contribution < 1.29 is 9.53 Å². The second-order valence-electron chi connectivity index (χ2n) is 6.18. The van der Waals surface area contributed by atoms with Crippen molar-refractivity contribution in [2.75, 3.05) is 31.2 Å². The second kappa shape index (κ2) is 8.07. The number of carbonyl (C=O) groups is 1. The predicted octanol–water partition coefficient (Wildman–Crippen LogP) is 2.51. The quantitative estimate of drug-likeness (QED) is 0.906. The summed E-state index contributed by atoms with van der Waals surface area (Å²) in [7, 11) is 0. The molecule has 2 heterocycles. The summed E-state index contributed by atoms with van der Waals surface area (Å²) >= 11 is 0. The summed E-state index contributed by atoms with van der Waals surface area (Å²) in [4.78, 5) is 23.9. The maximum atomic E-state index is 12.6. The molecule has 3 rings (SSSR count). The van der Waals surface area contributed by atoms with Crippen LogP contribution in [0.4, 0.5) is 5.82 Å². The van der Waals surface area contributed by atoms with Crippen molar-refractivity contribution in [2.45, 2.75) is 26.3 Å². The first-order chi connectivity index (χ1) is 12.2. The van der Waals surface area contributed by atoms with Crippen LogP contribution in [0.3, 0.4) is 0 Å². The highest BCUT2D eigenvalue weighted by Crippen LogP contribution is 2.21. The monoisotopic (exact) mass is 340 g/mol. The number of benzene rings is 1. The number of amides is 1. The van der Waals surface area contributed by atoms with Crippen molar-refractivity contribution in [1.82, 2.24) is 15.3 Å². The Bertz CT molecular complexity index is 715. The lowest BCUT2D eigenvalue weighted by molar-refractivity contribution is 0.0934. The molecule has 25 heavy (non-hydrogen) atoms. The molecule has 1 aliphatic rings. The largest absolute Gasteiger partial charge is 0.378 e. The van der Waals surface area contributed by atoms with Gasteiger partial charge in [-0.25, -0.2) is 9.97 Å². The van der Waals surface area contributed by atoms with Crippen LogP contribution in [0, 0.1) is 0 Å². The fourth-order valence-corrected chi connectivity index (χ4v) is 2.62. The topological polar surface area (TPSA) is 67.4 Å². The summed E-state index contributed by atoms with van der Waals surface area (Å²) in [5, 5.41) is 2.98. The maximum Gasteiger partial charge on any atom is 0.270 e. The Labute approximate surface area is 148 Å². The predicted molar refractivity (Wildman–Crippen MR) is 97.7 cm³/mol. The average Bonchev–Trinajstić information content (AvgIpc) is 2.68. The van der Waals surface area contributed by atoms with Crippen molar-refractivity contribution in [3.8, 4) is 11.4 Å². The van der Waals surface area contributed by atoms with E-state index in [1.165, 1.54) is 0 Å². The van der Waals surface area contributed by atoms with E-state index in [-0.39, 0.29) is 11.9 Å². The Morgan fingerprint density at radius 2 is 1.96 bits per heavy atom. The van der Waals surface area contributed by atoms with Crippen LogP contribution < -0.4 is 10.2 Å². The lowest BCUT2D eigenvalue weighted by Crippen LogP contribution is -2.37. The summed E-state index contributed by atoms with van der Waals surface area (Å²) in [5.41, 5.74) is 1.30. The normalized spacial score (nSPS) is 15.7. The molecule has 6 heteroatoms. The SMILES string of the molecule is CCC(C)NC(=O)c1cc(N2CCOCC2)nc(-c2ccccc2)n1. The summed E-state index contributed by atoms with van der Waals surface area (Å²) < 4.78 is 5.42. The molecule has 1 aromatic carbocycles. The highest BCUT2D eigenvalue weighted by atomic mass is 16.5. The molecule has 0 saturated carbocycles. The van der Waals surface area contributed by atoms with Crippen LogP contribution in [0.5, 0.6) is 0 Å². The van der Waals surface area contributed by atoms with Crippen LogP contribution in [0.1, 0.15) is 30.8 Å². The number of aromatic nitrogens is 2. The molecule has 1 fully saturated rings. The van der Waals surface area contributed by atoms with Gasteiger partial charge in [-0.1, -0.05) is 37.3 Å². The van der Waals surface area contributed by atoms with Gasteiger partial charge in [-0.05, 0) is 13.3 Å². The Hall–Kier alpha value is -2.47. The van der Waals surface area contributed by atoms with E-state index in [1.807, 2.05) is 44.2 Å². The molecule has 6 nitrogen and oxygen atoms in total. The number of hydrogen-bond acceptors (Lipinski definition) is 5. The third kappa shape index (κ3) is 4.33. The first-order valence-electron chi connectivity index (χ1n) is 8.75. The molecule has 1 unspecified atom stereocenters. The molecule has 1 saturated heterocycles. The molecule has 0 aliphatic carbocycles. The van der Waals surface area contributed by atoms with Gasteiger partial charge in [0, 0.05) is 30.8 Å². The van der Waals surface area contributed by atoms with E-state index in [0.29, 0.717) is 24.7 Å². The Morgan fingerprint density at radius 3 is 2.64 bits per heavy atom. The highest BCUT2D eigenvalue weighted by molar-refractivity contribution is 5.93. The number of nitrogens with zero attached hydrogens (tertiary/aromatic N) is 3. The minimum atomic E-state index is -0.163. The van der Waals surface area contributed by atoms with Gasteiger partial charge in [0.15, 0.2) is 5.82 Å². The third-order valence-corrected chi connectivity index (χ3v) is 4.30. The fraction of sp³-hybridized carbons (Fsp3) is 0.421. The Kier molecular flexibility index (Phi) is 5.60. The van der Waals surface area contributed by atoms with Crippen LogP contribution in [-0.2, 0) is 4.74 Å². The van der Waals surface area contributed by atoms with Gasteiger partial charge in [0.2, 0.25) is 0 Å². The van der Waals surface area contributed by atoms with Gasteiger partial charge in [0.05, 0.1) is 13.2 Å². The number of ether oxygens (including phenoxy) is 1. The van der Waals surface area contributed by atoms with E-state index in [1.54, 1.807) is 6.07 Å². The zero-order chi connectivity index (χ0) is 17.6. The van der Waals surface area contributed by atoms with Gasteiger partial charge < -0.3 is 15.0 Å². The molecule has 0 spiro atoms. The van der Waals surface area contributed by atoms with E-state index in [0.717, 1.165) is 30.9 Å². The molecule has 1 amide bonds. The van der Waals surface area contributed by atoms with Gasteiger partial charge in [0.25, 0.3) is 5.91 Å². The number of anilines is 1. The van der Waals surface area contributed by atoms with Crippen molar-refractivity contribution in [1.29, 1.82) is 0 Å². The molecule has 0 bridgehead atoms. The summed E-state index contributed by atoms with van der Waals surface area (Å²) in [5.74, 6) is 1.17. The fourth-order valence-electron chi connectivity index (χ4n) is 2.62. The van der Waals surface area contributed by atoms with E-state index in [9.17, 15) is 4.79 Å². The zero-order valence-corrected chi connectivity index (χ0v) is 14.7. The first-order valence-corrected chi connectivity index (χ1v) is 8.75. The minimum absolute atomic E-state index is 0.106. The smallest absolute Gasteiger partial charge is 0.270 e. The molecule has 2 aromatic rings. The van der Waals surface area contributed by atoms with Crippen LogP contribution in [0.15, 0.2) is 36.4 Å². The lowest BCUT2D eigenvalue weighted by Gasteiger charge is -2.28. The molecular weight excluding hydrogens is 316 g/mol. The first kappa shape index (κ1) is 17.4. The standard InChI is InChI=1S/C19H24N4O2/c1-3-14(2)20-19(24)16-13-17(23-9-11-25-12-10-23)22-18(21-16)15-7-5-4-6-8-15/h4-8,13-14H,3,9-12H2,1-2H3,(H,20,24). The lowest BCUT2D eigenvalue weighted by atomic mass is 10.2. The van der Waals surface area contributed by atoms with E-state index in [4.69, 9.17) is 4.74 Å². The van der Waals surface area contributed by atoms with Gasteiger partial charge >= 0.3 is 0 Å². The van der Waals surface area contributed by atoms with Crippen LogP contribution >= 0.6 is 0 Å². The van der Waals surface area contributed by atoms with Crippen LogP contribution in [0.2, 0.25) is 0 Å². The molecule has 1 aromatic heterocycles. The molecule has 0 radical (unpaired) electrons. The average molecular weight is 340 g/mol. The maximum absolute atomic E-state index is 12.6. The zero-order valence-electron chi connectivity index (χ0n) is 14.7. The Balaban J connectivity index is 1.97. The van der Waals surface area contributed by atoms with Gasteiger partial charge in [-0.2, -0.15) is 0 Å².